The number of rotatable bonds is 5. The number of likely N-dealkylation sites (tertiary alicyclic amines) is 1. The summed E-state index contributed by atoms with van der Waals surface area (Å²) in [6, 6.07) is 0. The molecule has 0 radical (unpaired) electrons. The van der Waals surface area contributed by atoms with Crippen LogP contribution in [-0.2, 0) is 9.53 Å². The fourth-order valence-corrected chi connectivity index (χ4v) is 1.78. The van der Waals surface area contributed by atoms with E-state index in [9.17, 15) is 4.79 Å². The number of carbonyl (C=O) groups excluding carboxylic acids is 1. The first kappa shape index (κ1) is 12.0. The smallest absolute Gasteiger partial charge is 0.305 e. The van der Waals surface area contributed by atoms with Gasteiger partial charge < -0.3 is 9.64 Å². The van der Waals surface area contributed by atoms with E-state index in [0.717, 1.165) is 38.2 Å². The van der Waals surface area contributed by atoms with Crippen LogP contribution in [0.4, 0.5) is 0 Å². The zero-order valence-electron chi connectivity index (χ0n) is 9.42. The van der Waals surface area contributed by atoms with Crippen LogP contribution in [-0.4, -0.2) is 36.4 Å². The molecular formula is C11H20N2O2. The Bertz CT molecular complexity index is 229. The van der Waals surface area contributed by atoms with Gasteiger partial charge in [-0.15, -0.1) is 0 Å². The number of nitrogens with zero attached hydrogens (tertiary/aromatic N) is 1. The lowest BCUT2D eigenvalue weighted by Crippen LogP contribution is -2.35. The number of esters is 1. The molecular weight excluding hydrogens is 192 g/mol. The molecule has 1 heterocycles. The van der Waals surface area contributed by atoms with Crippen LogP contribution in [0.3, 0.4) is 0 Å². The first-order chi connectivity index (χ1) is 7.24. The Hall–Kier alpha value is -1.06. The predicted octanol–water partition coefficient (Wildman–Crippen LogP) is 1.79. The van der Waals surface area contributed by atoms with Gasteiger partial charge >= 0.3 is 5.97 Å². The summed E-state index contributed by atoms with van der Waals surface area (Å²) >= 11 is 0. The Kier molecular flexibility index (Phi) is 5.15. The Morgan fingerprint density at radius 3 is 3.00 bits per heavy atom. The molecule has 1 aliphatic rings. The van der Waals surface area contributed by atoms with Gasteiger partial charge in [-0.05, 0) is 26.2 Å². The normalized spacial score (nSPS) is 16.6. The van der Waals surface area contributed by atoms with Crippen LogP contribution in [0.2, 0.25) is 0 Å². The lowest BCUT2D eigenvalue weighted by atomic mass is 10.1. The van der Waals surface area contributed by atoms with Crippen molar-refractivity contribution in [1.82, 2.24) is 4.90 Å². The number of ether oxygens (including phenoxy) is 1. The summed E-state index contributed by atoms with van der Waals surface area (Å²) in [6.07, 6.45) is 4.45. The highest BCUT2D eigenvalue weighted by molar-refractivity contribution is 5.79. The zero-order valence-corrected chi connectivity index (χ0v) is 9.42. The number of nitrogens with one attached hydrogen (secondary N) is 1. The molecule has 1 fully saturated rings. The van der Waals surface area contributed by atoms with Crippen molar-refractivity contribution >= 4 is 11.8 Å². The summed E-state index contributed by atoms with van der Waals surface area (Å²) in [5.74, 6) is 0.603. The van der Waals surface area contributed by atoms with Gasteiger partial charge in [0.25, 0.3) is 0 Å². The van der Waals surface area contributed by atoms with Crippen molar-refractivity contribution in [2.75, 3.05) is 19.7 Å². The van der Waals surface area contributed by atoms with Crippen molar-refractivity contribution in [2.24, 2.45) is 0 Å². The summed E-state index contributed by atoms with van der Waals surface area (Å²) < 4.78 is 4.85. The van der Waals surface area contributed by atoms with Gasteiger partial charge in [-0.3, -0.25) is 10.2 Å². The van der Waals surface area contributed by atoms with E-state index in [1.54, 1.807) is 0 Å². The predicted molar refractivity (Wildman–Crippen MR) is 59.0 cm³/mol. The van der Waals surface area contributed by atoms with Crippen LogP contribution in [0.5, 0.6) is 0 Å². The molecule has 0 spiro atoms. The SMILES string of the molecule is CCOC(=O)CCCN1CCCCC1=N. The van der Waals surface area contributed by atoms with E-state index >= 15 is 0 Å². The lowest BCUT2D eigenvalue weighted by molar-refractivity contribution is -0.143. The van der Waals surface area contributed by atoms with Crippen LogP contribution >= 0.6 is 0 Å². The van der Waals surface area contributed by atoms with Gasteiger partial charge in [0, 0.05) is 25.9 Å². The van der Waals surface area contributed by atoms with Gasteiger partial charge in [-0.25, -0.2) is 0 Å². The highest BCUT2D eigenvalue weighted by Crippen LogP contribution is 2.11. The highest BCUT2D eigenvalue weighted by atomic mass is 16.5. The molecule has 1 saturated heterocycles. The maximum Gasteiger partial charge on any atom is 0.305 e. The highest BCUT2D eigenvalue weighted by Gasteiger charge is 2.14. The standard InChI is InChI=1S/C11H20N2O2/c1-2-15-11(14)7-5-9-13-8-4-3-6-10(13)12/h12H,2-9H2,1H3. The minimum atomic E-state index is -0.124. The van der Waals surface area contributed by atoms with E-state index in [-0.39, 0.29) is 5.97 Å². The molecule has 4 nitrogen and oxygen atoms in total. The molecule has 4 heteroatoms. The molecule has 0 amide bonds. The van der Waals surface area contributed by atoms with Crippen molar-refractivity contribution in [3.05, 3.63) is 0 Å². The molecule has 0 aromatic carbocycles. The van der Waals surface area contributed by atoms with Gasteiger partial charge in [-0.2, -0.15) is 0 Å². The summed E-state index contributed by atoms with van der Waals surface area (Å²) in [4.78, 5) is 13.1. The van der Waals surface area contributed by atoms with Crippen LogP contribution in [0.1, 0.15) is 39.0 Å². The second-order valence-electron chi connectivity index (χ2n) is 3.80. The van der Waals surface area contributed by atoms with Gasteiger partial charge in [0.15, 0.2) is 0 Å². The zero-order chi connectivity index (χ0) is 11.1. The Labute approximate surface area is 91.1 Å². The number of hydrogen-bond donors (Lipinski definition) is 1. The second-order valence-corrected chi connectivity index (χ2v) is 3.80. The van der Waals surface area contributed by atoms with Crippen molar-refractivity contribution in [1.29, 1.82) is 5.41 Å². The molecule has 0 bridgehead atoms. The van der Waals surface area contributed by atoms with Crippen molar-refractivity contribution in [3.63, 3.8) is 0 Å². The van der Waals surface area contributed by atoms with Gasteiger partial charge in [0.05, 0.1) is 12.4 Å². The molecule has 15 heavy (non-hydrogen) atoms. The number of piperidine rings is 1. The van der Waals surface area contributed by atoms with E-state index < -0.39 is 0 Å². The molecule has 0 aromatic heterocycles. The van der Waals surface area contributed by atoms with E-state index in [1.807, 2.05) is 6.92 Å². The quantitative estimate of drug-likeness (QED) is 0.707. The third-order valence-corrected chi connectivity index (χ3v) is 2.59. The Balaban J connectivity index is 2.13. The third-order valence-electron chi connectivity index (χ3n) is 2.59. The van der Waals surface area contributed by atoms with Crippen LogP contribution in [0, 0.1) is 5.41 Å². The van der Waals surface area contributed by atoms with Gasteiger partial charge in [0.2, 0.25) is 0 Å². The van der Waals surface area contributed by atoms with Crippen LogP contribution in [0.25, 0.3) is 0 Å². The van der Waals surface area contributed by atoms with Crippen LogP contribution in [0.15, 0.2) is 0 Å². The molecule has 0 atom stereocenters. The molecule has 0 aromatic rings. The fraction of sp³-hybridized carbons (Fsp3) is 0.818. The van der Waals surface area contributed by atoms with Gasteiger partial charge in [-0.1, -0.05) is 0 Å². The molecule has 1 aliphatic heterocycles. The number of carbonyl (C=O) groups is 1. The number of amidine groups is 1. The average molecular weight is 212 g/mol. The Morgan fingerprint density at radius 1 is 1.53 bits per heavy atom. The summed E-state index contributed by atoms with van der Waals surface area (Å²) in [5, 5.41) is 7.72. The fourth-order valence-electron chi connectivity index (χ4n) is 1.78. The van der Waals surface area contributed by atoms with E-state index in [1.165, 1.54) is 6.42 Å². The lowest BCUT2D eigenvalue weighted by Gasteiger charge is -2.29. The van der Waals surface area contributed by atoms with Crippen molar-refractivity contribution in [3.8, 4) is 0 Å². The first-order valence-corrected chi connectivity index (χ1v) is 5.72. The Morgan fingerprint density at radius 2 is 2.33 bits per heavy atom. The van der Waals surface area contributed by atoms with Crippen molar-refractivity contribution in [2.45, 2.75) is 39.0 Å². The van der Waals surface area contributed by atoms with E-state index in [0.29, 0.717) is 13.0 Å². The van der Waals surface area contributed by atoms with E-state index in [2.05, 4.69) is 4.90 Å². The van der Waals surface area contributed by atoms with Crippen LogP contribution < -0.4 is 0 Å². The molecule has 1 N–H and O–H groups in total. The van der Waals surface area contributed by atoms with Crippen molar-refractivity contribution < 1.29 is 9.53 Å². The minimum Gasteiger partial charge on any atom is -0.466 e. The van der Waals surface area contributed by atoms with Gasteiger partial charge in [0.1, 0.15) is 0 Å². The summed E-state index contributed by atoms with van der Waals surface area (Å²) in [5.41, 5.74) is 0. The topological polar surface area (TPSA) is 53.4 Å². The summed E-state index contributed by atoms with van der Waals surface area (Å²) in [6.45, 7) is 4.07. The average Bonchev–Trinajstić information content (AvgIpc) is 2.21. The monoisotopic (exact) mass is 212 g/mol. The molecule has 0 unspecified atom stereocenters. The second kappa shape index (κ2) is 6.43. The maximum atomic E-state index is 11.1. The largest absolute Gasteiger partial charge is 0.466 e. The summed E-state index contributed by atoms with van der Waals surface area (Å²) in [7, 11) is 0. The molecule has 0 aliphatic carbocycles. The first-order valence-electron chi connectivity index (χ1n) is 5.72. The number of hydrogen-bond acceptors (Lipinski definition) is 3. The molecule has 1 rings (SSSR count). The molecule has 0 saturated carbocycles. The maximum absolute atomic E-state index is 11.1. The third kappa shape index (κ3) is 4.32. The van der Waals surface area contributed by atoms with E-state index in [4.69, 9.17) is 10.1 Å². The molecule has 86 valence electrons. The minimum absolute atomic E-state index is 0.124.